The number of likely N-dealkylation sites (tertiary alicyclic amines) is 2. The van der Waals surface area contributed by atoms with E-state index in [9.17, 15) is 14.7 Å². The maximum absolute atomic E-state index is 13.2. The summed E-state index contributed by atoms with van der Waals surface area (Å²) < 4.78 is 10.7. The number of carbonyl (C=O) groups is 2. The second kappa shape index (κ2) is 8.89. The number of hydrogen-bond acceptors (Lipinski definition) is 6. The van der Waals surface area contributed by atoms with Gasteiger partial charge in [-0.1, -0.05) is 29.3 Å². The highest BCUT2D eigenvalue weighted by Crippen LogP contribution is 2.42. The van der Waals surface area contributed by atoms with E-state index in [1.165, 1.54) is 4.90 Å². The van der Waals surface area contributed by atoms with Crippen molar-refractivity contribution in [3.8, 4) is 11.5 Å². The number of halogens is 2. The number of carbonyl (C=O) groups excluding carboxylic acids is 2. The topological polar surface area (TPSA) is 79.3 Å². The number of nitrogens with zero attached hydrogens (tertiary/aromatic N) is 2. The highest BCUT2D eigenvalue weighted by molar-refractivity contribution is 6.46. The standard InChI is InChI=1S/C24H22Cl2N2O5/c25-16-5-3-14(11-17(16)26)21-20(22(29)15-4-6-18-19(12-15)33-13-32-18)23(30)24(31)28(21)10-9-27-7-1-2-8-27/h3-6,11-12,21,29H,1-2,7-10,13H2/b22-20+. The molecule has 1 atom stereocenters. The minimum absolute atomic E-state index is 0.0127. The van der Waals surface area contributed by atoms with Crippen LogP contribution in [-0.4, -0.2) is 59.6 Å². The van der Waals surface area contributed by atoms with Crippen LogP contribution in [0.2, 0.25) is 10.0 Å². The van der Waals surface area contributed by atoms with Crippen molar-refractivity contribution in [2.75, 3.05) is 33.0 Å². The lowest BCUT2D eigenvalue weighted by atomic mass is 9.95. The van der Waals surface area contributed by atoms with Crippen molar-refractivity contribution in [1.29, 1.82) is 0 Å². The molecule has 2 aromatic carbocycles. The van der Waals surface area contributed by atoms with Crippen molar-refractivity contribution in [3.63, 3.8) is 0 Å². The third-order valence-electron chi connectivity index (χ3n) is 6.30. The number of Topliss-reactive ketones (excluding diaryl/α,β-unsaturated/α-hetero) is 1. The number of rotatable bonds is 5. The molecule has 33 heavy (non-hydrogen) atoms. The van der Waals surface area contributed by atoms with Crippen molar-refractivity contribution >= 4 is 40.7 Å². The average Bonchev–Trinajstić information content (AvgIpc) is 3.54. The molecule has 0 spiro atoms. The van der Waals surface area contributed by atoms with Gasteiger partial charge in [0.25, 0.3) is 11.7 Å². The summed E-state index contributed by atoms with van der Waals surface area (Å²) in [4.78, 5) is 30.0. The van der Waals surface area contributed by atoms with Gasteiger partial charge in [-0.05, 0) is 61.8 Å². The Morgan fingerprint density at radius 2 is 1.73 bits per heavy atom. The number of amides is 1. The van der Waals surface area contributed by atoms with E-state index in [0.29, 0.717) is 45.8 Å². The third kappa shape index (κ3) is 4.05. The SMILES string of the molecule is O=C1C(=O)N(CCN2CCCC2)C(c2ccc(Cl)c(Cl)c2)/C1=C(\O)c1ccc2c(c1)OCO2. The maximum Gasteiger partial charge on any atom is 0.295 e. The molecule has 9 heteroatoms. The van der Waals surface area contributed by atoms with Crippen LogP contribution in [0.25, 0.3) is 5.76 Å². The first-order valence-electron chi connectivity index (χ1n) is 10.8. The molecule has 2 saturated heterocycles. The molecule has 1 amide bonds. The molecular weight excluding hydrogens is 467 g/mol. The zero-order valence-electron chi connectivity index (χ0n) is 17.7. The van der Waals surface area contributed by atoms with Crippen molar-refractivity contribution < 1.29 is 24.2 Å². The summed E-state index contributed by atoms with van der Waals surface area (Å²) in [6.07, 6.45) is 2.25. The number of benzene rings is 2. The largest absolute Gasteiger partial charge is 0.507 e. The first-order valence-corrected chi connectivity index (χ1v) is 11.6. The number of ketones is 1. The second-order valence-corrected chi connectivity index (χ2v) is 9.10. The number of aliphatic hydroxyl groups excluding tert-OH is 1. The van der Waals surface area contributed by atoms with Crippen molar-refractivity contribution in [2.45, 2.75) is 18.9 Å². The number of aliphatic hydroxyl groups is 1. The van der Waals surface area contributed by atoms with Crippen LogP contribution >= 0.6 is 23.2 Å². The summed E-state index contributed by atoms with van der Waals surface area (Å²) in [5, 5.41) is 11.9. The summed E-state index contributed by atoms with van der Waals surface area (Å²) >= 11 is 12.4. The molecule has 3 heterocycles. The van der Waals surface area contributed by atoms with Gasteiger partial charge >= 0.3 is 0 Å². The zero-order chi connectivity index (χ0) is 23.1. The lowest BCUT2D eigenvalue weighted by molar-refractivity contribution is -0.140. The summed E-state index contributed by atoms with van der Waals surface area (Å²) in [5.74, 6) is -0.631. The molecule has 0 aliphatic carbocycles. The molecule has 0 radical (unpaired) electrons. The summed E-state index contributed by atoms with van der Waals surface area (Å²) in [6, 6.07) is 9.09. The van der Waals surface area contributed by atoms with Crippen LogP contribution in [0.15, 0.2) is 42.0 Å². The smallest absolute Gasteiger partial charge is 0.295 e. The molecule has 1 N–H and O–H groups in total. The van der Waals surface area contributed by atoms with E-state index in [4.69, 9.17) is 32.7 Å². The van der Waals surface area contributed by atoms with Crippen LogP contribution < -0.4 is 9.47 Å². The molecule has 3 aliphatic heterocycles. The highest BCUT2D eigenvalue weighted by Gasteiger charge is 2.46. The average molecular weight is 489 g/mol. The Morgan fingerprint density at radius 3 is 2.48 bits per heavy atom. The van der Waals surface area contributed by atoms with Crippen LogP contribution in [-0.2, 0) is 9.59 Å². The molecule has 172 valence electrons. The predicted molar refractivity (Wildman–Crippen MR) is 124 cm³/mol. The second-order valence-electron chi connectivity index (χ2n) is 8.28. The Kier molecular flexibility index (Phi) is 5.95. The summed E-state index contributed by atoms with van der Waals surface area (Å²) in [5.41, 5.74) is 0.979. The monoisotopic (exact) mass is 488 g/mol. The van der Waals surface area contributed by atoms with Gasteiger partial charge in [-0.2, -0.15) is 0 Å². The van der Waals surface area contributed by atoms with Gasteiger partial charge in [0.1, 0.15) is 5.76 Å². The van der Waals surface area contributed by atoms with Gasteiger partial charge in [0, 0.05) is 18.7 Å². The first-order chi connectivity index (χ1) is 15.9. The quantitative estimate of drug-likeness (QED) is 0.385. The Labute approximate surface area is 201 Å². The van der Waals surface area contributed by atoms with Crippen LogP contribution in [0.5, 0.6) is 11.5 Å². The van der Waals surface area contributed by atoms with Crippen LogP contribution in [0.1, 0.15) is 30.0 Å². The minimum atomic E-state index is -0.784. The number of ether oxygens (including phenoxy) is 2. The number of fused-ring (bicyclic) bond motifs is 1. The highest BCUT2D eigenvalue weighted by atomic mass is 35.5. The lowest BCUT2D eigenvalue weighted by Crippen LogP contribution is -2.37. The van der Waals surface area contributed by atoms with Crippen LogP contribution in [0, 0.1) is 0 Å². The molecule has 0 aromatic heterocycles. The summed E-state index contributed by atoms with van der Waals surface area (Å²) in [7, 11) is 0. The Balaban J connectivity index is 1.57. The van der Waals surface area contributed by atoms with Crippen LogP contribution in [0.4, 0.5) is 0 Å². The molecule has 3 aliphatic rings. The lowest BCUT2D eigenvalue weighted by Gasteiger charge is -2.27. The fourth-order valence-corrected chi connectivity index (χ4v) is 4.90. The van der Waals surface area contributed by atoms with E-state index in [1.807, 2.05) is 0 Å². The normalized spacial score (nSPS) is 21.9. The molecule has 1 unspecified atom stereocenters. The molecule has 0 saturated carbocycles. The Bertz CT molecular complexity index is 1160. The van der Waals surface area contributed by atoms with Crippen molar-refractivity contribution in [3.05, 3.63) is 63.1 Å². The predicted octanol–water partition coefficient (Wildman–Crippen LogP) is 4.24. The van der Waals surface area contributed by atoms with E-state index in [1.54, 1.807) is 36.4 Å². The van der Waals surface area contributed by atoms with Crippen LogP contribution in [0.3, 0.4) is 0 Å². The van der Waals surface area contributed by atoms with Crippen molar-refractivity contribution in [1.82, 2.24) is 9.80 Å². The number of hydrogen-bond donors (Lipinski definition) is 1. The van der Waals surface area contributed by atoms with Gasteiger partial charge in [-0.15, -0.1) is 0 Å². The molecular formula is C24H22Cl2N2O5. The van der Waals surface area contributed by atoms with E-state index < -0.39 is 17.7 Å². The van der Waals surface area contributed by atoms with Gasteiger partial charge < -0.3 is 24.4 Å². The van der Waals surface area contributed by atoms with E-state index in [0.717, 1.165) is 25.9 Å². The minimum Gasteiger partial charge on any atom is -0.507 e. The van der Waals surface area contributed by atoms with E-state index in [-0.39, 0.29) is 18.1 Å². The Hall–Kier alpha value is -2.74. The molecule has 2 fully saturated rings. The fraction of sp³-hybridized carbons (Fsp3) is 0.333. The van der Waals surface area contributed by atoms with Gasteiger partial charge in [-0.25, -0.2) is 0 Å². The van der Waals surface area contributed by atoms with Crippen molar-refractivity contribution in [2.24, 2.45) is 0 Å². The van der Waals surface area contributed by atoms with Gasteiger partial charge in [0.15, 0.2) is 11.5 Å². The fourth-order valence-electron chi connectivity index (χ4n) is 4.59. The van der Waals surface area contributed by atoms with E-state index >= 15 is 0 Å². The Morgan fingerprint density at radius 1 is 0.970 bits per heavy atom. The maximum atomic E-state index is 13.2. The van der Waals surface area contributed by atoms with Gasteiger partial charge in [-0.3, -0.25) is 9.59 Å². The zero-order valence-corrected chi connectivity index (χ0v) is 19.2. The first kappa shape index (κ1) is 22.1. The summed E-state index contributed by atoms with van der Waals surface area (Å²) in [6.45, 7) is 3.03. The van der Waals surface area contributed by atoms with Gasteiger partial charge in [0.05, 0.1) is 21.7 Å². The molecule has 5 rings (SSSR count). The third-order valence-corrected chi connectivity index (χ3v) is 7.04. The van der Waals surface area contributed by atoms with Gasteiger partial charge in [0.2, 0.25) is 6.79 Å². The molecule has 0 bridgehead atoms. The van der Waals surface area contributed by atoms with E-state index in [2.05, 4.69) is 4.90 Å². The molecule has 2 aromatic rings. The molecule has 7 nitrogen and oxygen atoms in total.